The highest BCUT2D eigenvalue weighted by molar-refractivity contribution is 5.92. The summed E-state index contributed by atoms with van der Waals surface area (Å²) < 4.78 is 4.99. The largest absolute Gasteiger partial charge is 0.450 e. The fourth-order valence-corrected chi connectivity index (χ4v) is 3.34. The second kappa shape index (κ2) is 8.41. The van der Waals surface area contributed by atoms with Crippen LogP contribution in [0.5, 0.6) is 0 Å². The van der Waals surface area contributed by atoms with E-state index in [1.54, 1.807) is 16.7 Å². The first kappa shape index (κ1) is 19.2. The Morgan fingerprint density at radius 1 is 1.04 bits per heavy atom. The summed E-state index contributed by atoms with van der Waals surface area (Å²) in [5.74, 6) is -0.490. The molecule has 1 heterocycles. The minimum atomic E-state index is -0.329. The van der Waals surface area contributed by atoms with Crippen LogP contribution in [0.1, 0.15) is 24.5 Å². The fourth-order valence-electron chi connectivity index (χ4n) is 3.34. The molecule has 0 spiro atoms. The standard InChI is InChI=1S/C20H27N3O4/c1-3-27-20(26)23-10-8-22(9-11-23)19(25)17-12-16(17)18(24)21-13-15-6-4-14(2)5-7-15/h4-7,16-17H,3,8-13H2,1-2H3,(H,21,24). The van der Waals surface area contributed by atoms with Gasteiger partial charge in [0.1, 0.15) is 0 Å². The van der Waals surface area contributed by atoms with Crippen LogP contribution in [-0.2, 0) is 20.9 Å². The molecular formula is C20H27N3O4. The Hall–Kier alpha value is -2.57. The van der Waals surface area contributed by atoms with Crippen LogP contribution in [0.4, 0.5) is 4.79 Å². The van der Waals surface area contributed by atoms with Crippen molar-refractivity contribution in [2.75, 3.05) is 32.8 Å². The number of carbonyl (C=O) groups excluding carboxylic acids is 3. The molecule has 146 valence electrons. The number of hydrogen-bond donors (Lipinski definition) is 1. The van der Waals surface area contributed by atoms with E-state index in [0.717, 1.165) is 5.56 Å². The molecule has 2 atom stereocenters. The molecule has 1 aromatic carbocycles. The third-order valence-corrected chi connectivity index (χ3v) is 5.15. The number of carbonyl (C=O) groups is 3. The van der Waals surface area contributed by atoms with Crippen molar-refractivity contribution in [2.45, 2.75) is 26.8 Å². The second-order valence-electron chi connectivity index (χ2n) is 7.16. The van der Waals surface area contributed by atoms with E-state index in [9.17, 15) is 14.4 Å². The highest BCUT2D eigenvalue weighted by Gasteiger charge is 2.49. The van der Waals surface area contributed by atoms with Gasteiger partial charge >= 0.3 is 6.09 Å². The number of aryl methyl sites for hydroxylation is 1. The van der Waals surface area contributed by atoms with Crippen LogP contribution in [0.15, 0.2) is 24.3 Å². The van der Waals surface area contributed by atoms with Crippen molar-refractivity contribution in [1.29, 1.82) is 0 Å². The van der Waals surface area contributed by atoms with Crippen molar-refractivity contribution in [2.24, 2.45) is 11.8 Å². The molecule has 2 fully saturated rings. The highest BCUT2D eigenvalue weighted by atomic mass is 16.6. The lowest BCUT2D eigenvalue weighted by atomic mass is 10.1. The topological polar surface area (TPSA) is 79.0 Å². The monoisotopic (exact) mass is 373 g/mol. The lowest BCUT2D eigenvalue weighted by Crippen LogP contribution is -2.51. The van der Waals surface area contributed by atoms with Gasteiger partial charge < -0.3 is 19.9 Å². The summed E-state index contributed by atoms with van der Waals surface area (Å²) >= 11 is 0. The van der Waals surface area contributed by atoms with Crippen molar-refractivity contribution in [3.8, 4) is 0 Å². The van der Waals surface area contributed by atoms with Crippen LogP contribution in [0.3, 0.4) is 0 Å². The van der Waals surface area contributed by atoms with Crippen LogP contribution in [0, 0.1) is 18.8 Å². The zero-order valence-corrected chi connectivity index (χ0v) is 15.9. The number of hydrogen-bond acceptors (Lipinski definition) is 4. The smallest absolute Gasteiger partial charge is 0.409 e. The first-order chi connectivity index (χ1) is 13.0. The number of benzene rings is 1. The molecule has 0 aromatic heterocycles. The molecule has 2 unspecified atom stereocenters. The van der Waals surface area contributed by atoms with Crippen molar-refractivity contribution in [3.05, 3.63) is 35.4 Å². The van der Waals surface area contributed by atoms with Crippen LogP contribution >= 0.6 is 0 Å². The Bertz CT molecular complexity index is 696. The van der Waals surface area contributed by atoms with E-state index >= 15 is 0 Å². The van der Waals surface area contributed by atoms with E-state index in [0.29, 0.717) is 45.8 Å². The van der Waals surface area contributed by atoms with Crippen molar-refractivity contribution < 1.29 is 19.1 Å². The number of rotatable bonds is 5. The minimum Gasteiger partial charge on any atom is -0.450 e. The third kappa shape index (κ3) is 4.78. The summed E-state index contributed by atoms with van der Waals surface area (Å²) in [5.41, 5.74) is 2.23. The predicted octanol–water partition coefficient (Wildman–Crippen LogP) is 1.55. The molecule has 1 saturated heterocycles. The summed E-state index contributed by atoms with van der Waals surface area (Å²) in [7, 11) is 0. The van der Waals surface area contributed by atoms with E-state index < -0.39 is 0 Å². The van der Waals surface area contributed by atoms with Crippen molar-refractivity contribution in [1.82, 2.24) is 15.1 Å². The molecule has 0 radical (unpaired) electrons. The fraction of sp³-hybridized carbons (Fsp3) is 0.550. The average Bonchev–Trinajstić information content (AvgIpc) is 3.48. The van der Waals surface area contributed by atoms with Gasteiger partial charge in [-0.15, -0.1) is 0 Å². The van der Waals surface area contributed by atoms with Crippen LogP contribution in [0.2, 0.25) is 0 Å². The molecule has 27 heavy (non-hydrogen) atoms. The molecule has 2 aliphatic rings. The van der Waals surface area contributed by atoms with Crippen LogP contribution in [-0.4, -0.2) is 60.5 Å². The van der Waals surface area contributed by atoms with Crippen molar-refractivity contribution >= 4 is 17.9 Å². The van der Waals surface area contributed by atoms with Gasteiger partial charge in [-0.1, -0.05) is 29.8 Å². The van der Waals surface area contributed by atoms with Gasteiger partial charge in [-0.25, -0.2) is 4.79 Å². The number of ether oxygens (including phenoxy) is 1. The first-order valence-corrected chi connectivity index (χ1v) is 9.53. The maximum Gasteiger partial charge on any atom is 0.409 e. The Morgan fingerprint density at radius 3 is 2.30 bits per heavy atom. The number of nitrogens with zero attached hydrogens (tertiary/aromatic N) is 2. The molecule has 1 saturated carbocycles. The van der Waals surface area contributed by atoms with Crippen molar-refractivity contribution in [3.63, 3.8) is 0 Å². The maximum atomic E-state index is 12.6. The van der Waals surface area contributed by atoms with Gasteiger partial charge in [-0.05, 0) is 25.8 Å². The van der Waals surface area contributed by atoms with E-state index in [4.69, 9.17) is 4.74 Å². The van der Waals surface area contributed by atoms with Gasteiger partial charge in [0, 0.05) is 32.7 Å². The van der Waals surface area contributed by atoms with E-state index in [-0.39, 0.29) is 29.7 Å². The second-order valence-corrected chi connectivity index (χ2v) is 7.16. The van der Waals surface area contributed by atoms with E-state index in [1.807, 2.05) is 31.2 Å². The Labute approximate surface area is 159 Å². The maximum absolute atomic E-state index is 12.6. The lowest BCUT2D eigenvalue weighted by Gasteiger charge is -2.34. The molecule has 3 amide bonds. The average molecular weight is 373 g/mol. The third-order valence-electron chi connectivity index (χ3n) is 5.15. The van der Waals surface area contributed by atoms with Gasteiger partial charge in [0.05, 0.1) is 18.4 Å². The van der Waals surface area contributed by atoms with Crippen LogP contribution in [0.25, 0.3) is 0 Å². The predicted molar refractivity (Wildman–Crippen MR) is 99.8 cm³/mol. The Balaban J connectivity index is 1.41. The Kier molecular flexibility index (Phi) is 5.98. The zero-order valence-electron chi connectivity index (χ0n) is 15.9. The summed E-state index contributed by atoms with van der Waals surface area (Å²) in [6.07, 6.45) is 0.279. The summed E-state index contributed by atoms with van der Waals surface area (Å²) in [5, 5.41) is 2.93. The molecule has 7 nitrogen and oxygen atoms in total. The Morgan fingerprint density at radius 2 is 1.67 bits per heavy atom. The van der Waals surface area contributed by atoms with Gasteiger partial charge in [-0.2, -0.15) is 0 Å². The zero-order chi connectivity index (χ0) is 19.4. The first-order valence-electron chi connectivity index (χ1n) is 9.53. The number of nitrogens with one attached hydrogen (secondary N) is 1. The molecule has 1 N–H and O–H groups in total. The van der Waals surface area contributed by atoms with Gasteiger partial charge in [0.2, 0.25) is 11.8 Å². The summed E-state index contributed by atoms with van der Waals surface area (Å²) in [4.78, 5) is 40.0. The molecule has 3 rings (SSSR count). The van der Waals surface area contributed by atoms with Gasteiger partial charge in [0.25, 0.3) is 0 Å². The SMILES string of the molecule is CCOC(=O)N1CCN(C(=O)C2CC2C(=O)NCc2ccc(C)cc2)CC1. The quantitative estimate of drug-likeness (QED) is 0.849. The van der Waals surface area contributed by atoms with Gasteiger partial charge in [0.15, 0.2) is 0 Å². The minimum absolute atomic E-state index is 0.0222. The number of amides is 3. The summed E-state index contributed by atoms with van der Waals surface area (Å²) in [6, 6.07) is 8.02. The highest BCUT2D eigenvalue weighted by Crippen LogP contribution is 2.40. The van der Waals surface area contributed by atoms with Crippen LogP contribution < -0.4 is 5.32 Å². The molecule has 1 aliphatic carbocycles. The van der Waals surface area contributed by atoms with E-state index in [2.05, 4.69) is 5.32 Å². The molecule has 0 bridgehead atoms. The lowest BCUT2D eigenvalue weighted by molar-refractivity contribution is -0.136. The van der Waals surface area contributed by atoms with E-state index in [1.165, 1.54) is 5.56 Å². The molecular weight excluding hydrogens is 346 g/mol. The normalized spacial score (nSPS) is 21.6. The molecule has 1 aliphatic heterocycles. The summed E-state index contributed by atoms with van der Waals surface area (Å²) in [6.45, 7) is 6.55. The van der Waals surface area contributed by atoms with Gasteiger partial charge in [-0.3, -0.25) is 9.59 Å². The molecule has 1 aromatic rings. The number of piperazine rings is 1. The molecule has 7 heteroatoms.